The normalized spacial score (nSPS) is 15.2. The molecular formula is C25H28FN3O4. The summed E-state index contributed by atoms with van der Waals surface area (Å²) in [6.07, 6.45) is 1.65. The molecule has 2 aromatic carbocycles. The molecule has 1 unspecified atom stereocenters. The van der Waals surface area contributed by atoms with Gasteiger partial charge in [-0.2, -0.15) is 0 Å². The Kier molecular flexibility index (Phi) is 7.14. The van der Waals surface area contributed by atoms with Gasteiger partial charge in [0.05, 0.1) is 26.5 Å². The number of ether oxygens (including phenoxy) is 2. The molecule has 0 aliphatic carbocycles. The van der Waals surface area contributed by atoms with Crippen molar-refractivity contribution < 1.29 is 23.1 Å². The zero-order valence-corrected chi connectivity index (χ0v) is 18.8. The van der Waals surface area contributed by atoms with Crippen LogP contribution in [0.5, 0.6) is 11.5 Å². The highest BCUT2D eigenvalue weighted by atomic mass is 19.1. The monoisotopic (exact) mass is 453 g/mol. The fraction of sp³-hybridized carbons (Fsp3) is 0.320. The van der Waals surface area contributed by atoms with Crippen molar-refractivity contribution in [3.63, 3.8) is 0 Å². The summed E-state index contributed by atoms with van der Waals surface area (Å²) in [5.74, 6) is 1.45. The van der Waals surface area contributed by atoms with E-state index < -0.39 is 0 Å². The fourth-order valence-electron chi connectivity index (χ4n) is 4.10. The van der Waals surface area contributed by atoms with Gasteiger partial charge in [0, 0.05) is 44.0 Å². The topological polar surface area (TPSA) is 67.2 Å². The summed E-state index contributed by atoms with van der Waals surface area (Å²) in [7, 11) is 3.10. The molecule has 1 atom stereocenters. The lowest BCUT2D eigenvalue weighted by Crippen LogP contribution is -2.49. The van der Waals surface area contributed by atoms with Gasteiger partial charge in [0.25, 0.3) is 5.91 Å². The Labute approximate surface area is 192 Å². The number of hydrogen-bond donors (Lipinski definition) is 1. The van der Waals surface area contributed by atoms with Crippen LogP contribution in [0.4, 0.5) is 10.1 Å². The fourth-order valence-corrected chi connectivity index (χ4v) is 4.10. The van der Waals surface area contributed by atoms with Gasteiger partial charge < -0.3 is 24.1 Å². The molecule has 1 amide bonds. The SMILES string of the molecule is COc1ccc(C(=O)NCC(c2ccco2)N2CCN(c3ccc(F)cc3)CC2)cc1OC. The molecule has 1 aliphatic rings. The third-order valence-corrected chi connectivity index (χ3v) is 5.92. The lowest BCUT2D eigenvalue weighted by molar-refractivity contribution is 0.0922. The minimum absolute atomic E-state index is 0.0977. The molecule has 1 saturated heterocycles. The van der Waals surface area contributed by atoms with Gasteiger partial charge in [-0.05, 0) is 54.6 Å². The highest BCUT2D eigenvalue weighted by Gasteiger charge is 2.27. The van der Waals surface area contributed by atoms with E-state index in [4.69, 9.17) is 13.9 Å². The minimum Gasteiger partial charge on any atom is -0.493 e. The second-order valence-corrected chi connectivity index (χ2v) is 7.81. The van der Waals surface area contributed by atoms with E-state index >= 15 is 0 Å². The molecular weight excluding hydrogens is 425 g/mol. The maximum atomic E-state index is 13.2. The van der Waals surface area contributed by atoms with Crippen LogP contribution in [0.1, 0.15) is 22.2 Å². The molecule has 33 heavy (non-hydrogen) atoms. The highest BCUT2D eigenvalue weighted by Crippen LogP contribution is 2.28. The zero-order valence-electron chi connectivity index (χ0n) is 18.8. The second-order valence-electron chi connectivity index (χ2n) is 7.81. The number of piperazine rings is 1. The number of carbonyl (C=O) groups is 1. The van der Waals surface area contributed by atoms with E-state index in [0.29, 0.717) is 23.6 Å². The Hall–Kier alpha value is -3.52. The van der Waals surface area contributed by atoms with Gasteiger partial charge in [-0.1, -0.05) is 0 Å². The predicted octanol–water partition coefficient (Wildman–Crippen LogP) is 3.73. The molecule has 7 nitrogen and oxygen atoms in total. The molecule has 1 N–H and O–H groups in total. The number of rotatable bonds is 8. The van der Waals surface area contributed by atoms with Crippen LogP contribution in [0.15, 0.2) is 65.3 Å². The Bertz CT molecular complexity index is 1050. The standard InChI is InChI=1S/C25H28FN3O4/c1-31-23-10-5-18(16-24(23)32-2)25(30)27-17-21(22-4-3-15-33-22)29-13-11-28(12-14-29)20-8-6-19(26)7-9-20/h3-10,15-16,21H,11-14,17H2,1-2H3,(H,27,30). The second kappa shape index (κ2) is 10.4. The van der Waals surface area contributed by atoms with Gasteiger partial charge in [0.2, 0.25) is 0 Å². The van der Waals surface area contributed by atoms with Gasteiger partial charge >= 0.3 is 0 Å². The van der Waals surface area contributed by atoms with E-state index in [9.17, 15) is 9.18 Å². The summed E-state index contributed by atoms with van der Waals surface area (Å²) >= 11 is 0. The van der Waals surface area contributed by atoms with E-state index in [0.717, 1.165) is 37.6 Å². The maximum Gasteiger partial charge on any atom is 0.251 e. The minimum atomic E-state index is -0.236. The number of amides is 1. The van der Waals surface area contributed by atoms with Crippen LogP contribution in [0, 0.1) is 5.82 Å². The van der Waals surface area contributed by atoms with Crippen LogP contribution in [0.2, 0.25) is 0 Å². The summed E-state index contributed by atoms with van der Waals surface area (Å²) in [6.45, 7) is 3.57. The van der Waals surface area contributed by atoms with E-state index in [-0.39, 0.29) is 17.8 Å². The Morgan fingerprint density at radius 2 is 1.76 bits per heavy atom. The molecule has 174 valence electrons. The van der Waals surface area contributed by atoms with Crippen molar-refractivity contribution in [2.45, 2.75) is 6.04 Å². The lowest BCUT2D eigenvalue weighted by atomic mass is 10.1. The van der Waals surface area contributed by atoms with Crippen molar-refractivity contribution >= 4 is 11.6 Å². The number of benzene rings is 2. The van der Waals surface area contributed by atoms with Crippen molar-refractivity contribution in [3.05, 3.63) is 78.0 Å². The van der Waals surface area contributed by atoms with Crippen molar-refractivity contribution in [3.8, 4) is 11.5 Å². The van der Waals surface area contributed by atoms with Crippen molar-refractivity contribution in [1.29, 1.82) is 0 Å². The maximum absolute atomic E-state index is 13.2. The highest BCUT2D eigenvalue weighted by molar-refractivity contribution is 5.94. The lowest BCUT2D eigenvalue weighted by Gasteiger charge is -2.39. The van der Waals surface area contributed by atoms with Gasteiger partial charge in [-0.3, -0.25) is 9.69 Å². The van der Waals surface area contributed by atoms with Gasteiger partial charge in [-0.15, -0.1) is 0 Å². The van der Waals surface area contributed by atoms with Crippen LogP contribution in [-0.2, 0) is 0 Å². The Morgan fingerprint density at radius 3 is 2.39 bits per heavy atom. The van der Waals surface area contributed by atoms with Crippen LogP contribution in [0.3, 0.4) is 0 Å². The molecule has 1 aliphatic heterocycles. The van der Waals surface area contributed by atoms with Crippen molar-refractivity contribution in [1.82, 2.24) is 10.2 Å². The number of anilines is 1. The first-order valence-corrected chi connectivity index (χ1v) is 10.9. The van der Waals surface area contributed by atoms with Crippen LogP contribution < -0.4 is 19.7 Å². The van der Waals surface area contributed by atoms with E-state index in [1.807, 2.05) is 12.1 Å². The van der Waals surface area contributed by atoms with Crippen LogP contribution in [0.25, 0.3) is 0 Å². The van der Waals surface area contributed by atoms with E-state index in [1.54, 1.807) is 43.7 Å². The molecule has 0 spiro atoms. The van der Waals surface area contributed by atoms with Crippen molar-refractivity contribution in [2.75, 3.05) is 51.8 Å². The Balaban J connectivity index is 1.41. The molecule has 0 radical (unpaired) electrons. The first-order chi connectivity index (χ1) is 16.1. The largest absolute Gasteiger partial charge is 0.493 e. The zero-order chi connectivity index (χ0) is 23.2. The third-order valence-electron chi connectivity index (χ3n) is 5.92. The van der Waals surface area contributed by atoms with Gasteiger partial charge in [0.1, 0.15) is 11.6 Å². The molecule has 1 aromatic heterocycles. The smallest absolute Gasteiger partial charge is 0.251 e. The number of furan rings is 1. The number of methoxy groups -OCH3 is 2. The van der Waals surface area contributed by atoms with Crippen LogP contribution in [-0.4, -0.2) is 57.8 Å². The molecule has 4 rings (SSSR count). The number of halogens is 1. The molecule has 1 fully saturated rings. The number of hydrogen-bond acceptors (Lipinski definition) is 6. The molecule has 3 aromatic rings. The Morgan fingerprint density at radius 1 is 1.03 bits per heavy atom. The molecule has 8 heteroatoms. The predicted molar refractivity (Wildman–Crippen MR) is 124 cm³/mol. The third kappa shape index (κ3) is 5.28. The van der Waals surface area contributed by atoms with E-state index in [2.05, 4.69) is 15.1 Å². The quantitative estimate of drug-likeness (QED) is 0.561. The average Bonchev–Trinajstić information content (AvgIpc) is 3.39. The van der Waals surface area contributed by atoms with Crippen molar-refractivity contribution in [2.24, 2.45) is 0 Å². The first-order valence-electron chi connectivity index (χ1n) is 10.9. The van der Waals surface area contributed by atoms with E-state index in [1.165, 1.54) is 19.2 Å². The summed E-state index contributed by atoms with van der Waals surface area (Å²) < 4.78 is 29.5. The number of nitrogens with one attached hydrogen (secondary N) is 1. The van der Waals surface area contributed by atoms with Gasteiger partial charge in [-0.25, -0.2) is 4.39 Å². The molecule has 0 saturated carbocycles. The molecule has 0 bridgehead atoms. The van der Waals surface area contributed by atoms with Gasteiger partial charge in [0.15, 0.2) is 11.5 Å². The number of carbonyl (C=O) groups excluding carboxylic acids is 1. The summed E-state index contributed by atoms with van der Waals surface area (Å²) in [6, 6.07) is 15.3. The molecule has 2 heterocycles. The summed E-state index contributed by atoms with van der Waals surface area (Å²) in [5.41, 5.74) is 1.50. The average molecular weight is 454 g/mol. The summed E-state index contributed by atoms with van der Waals surface area (Å²) in [5, 5.41) is 3.03. The van der Waals surface area contributed by atoms with Crippen LogP contribution >= 0.6 is 0 Å². The summed E-state index contributed by atoms with van der Waals surface area (Å²) in [4.78, 5) is 17.4. The first kappa shape index (κ1) is 22.7. The number of nitrogens with zero attached hydrogens (tertiary/aromatic N) is 2.